The van der Waals surface area contributed by atoms with Crippen molar-refractivity contribution in [2.75, 3.05) is 18.6 Å². The number of anilines is 1. The van der Waals surface area contributed by atoms with Crippen LogP contribution in [0.25, 0.3) is 0 Å². The van der Waals surface area contributed by atoms with Crippen LogP contribution >= 0.6 is 0 Å². The van der Waals surface area contributed by atoms with Crippen molar-refractivity contribution in [1.29, 1.82) is 5.26 Å². The summed E-state index contributed by atoms with van der Waals surface area (Å²) in [5.41, 5.74) is -1.35. The molecule has 3 aliphatic rings. The zero-order chi connectivity index (χ0) is 25.9. The van der Waals surface area contributed by atoms with Gasteiger partial charge in [-0.2, -0.15) is 18.4 Å². The predicted octanol–water partition coefficient (Wildman–Crippen LogP) is 3.19. The summed E-state index contributed by atoms with van der Waals surface area (Å²) in [5, 5.41) is 9.05. The van der Waals surface area contributed by atoms with E-state index in [1.165, 1.54) is 18.1 Å². The zero-order valence-corrected chi connectivity index (χ0v) is 19.3. The Morgan fingerprint density at radius 3 is 2.61 bits per heavy atom. The molecule has 0 radical (unpaired) electrons. The summed E-state index contributed by atoms with van der Waals surface area (Å²) in [7, 11) is 1.52. The number of rotatable bonds is 4. The minimum Gasteiger partial charge on any atom is -0.497 e. The fourth-order valence-electron chi connectivity index (χ4n) is 5.61. The number of amides is 4. The van der Waals surface area contributed by atoms with Gasteiger partial charge in [0.1, 0.15) is 11.8 Å². The lowest BCUT2D eigenvalue weighted by Crippen LogP contribution is -2.55. The summed E-state index contributed by atoms with van der Waals surface area (Å²) in [6.07, 6.45) is -4.75. The smallest absolute Gasteiger partial charge is 0.417 e. The maximum Gasteiger partial charge on any atom is 0.417 e. The number of hydrogen-bond donors (Lipinski definition) is 0. The third-order valence-corrected chi connectivity index (χ3v) is 7.25. The van der Waals surface area contributed by atoms with Crippen LogP contribution in [-0.2, 0) is 22.2 Å². The lowest BCUT2D eigenvalue weighted by Gasteiger charge is -2.35. The molecule has 2 bridgehead atoms. The van der Waals surface area contributed by atoms with Crippen LogP contribution in [0.3, 0.4) is 0 Å². The Labute approximate surface area is 204 Å². The Morgan fingerprint density at radius 2 is 1.94 bits per heavy atom. The van der Waals surface area contributed by atoms with Crippen molar-refractivity contribution in [2.24, 2.45) is 5.92 Å². The van der Waals surface area contributed by atoms with Crippen molar-refractivity contribution in [2.45, 2.75) is 37.6 Å². The summed E-state index contributed by atoms with van der Waals surface area (Å²) in [5.74, 6) is -0.462. The molecule has 4 atom stereocenters. The van der Waals surface area contributed by atoms with Gasteiger partial charge >= 0.3 is 12.2 Å². The standard InChI is InChI=1S/C25H21F3N4O4/c1-13-19-12-30(20(33)9-14-4-3-5-17(8-14)36-2)21(13)22-23(34)31(24(35)32(19)22)16-7-6-15(11-29)18(10-16)25(26,27)28/h3-8,10,13,19,21-22H,9,12H2,1-2H3/t13-,19?,21?,22?/m0/s1. The molecule has 3 fully saturated rings. The Balaban J connectivity index is 1.43. The Bertz CT molecular complexity index is 1320. The predicted molar refractivity (Wildman–Crippen MR) is 120 cm³/mol. The van der Waals surface area contributed by atoms with Crippen LogP contribution in [0.1, 0.15) is 23.6 Å². The minimum atomic E-state index is -4.83. The number of alkyl halides is 3. The van der Waals surface area contributed by atoms with E-state index in [0.717, 1.165) is 22.6 Å². The summed E-state index contributed by atoms with van der Waals surface area (Å²) < 4.78 is 45.6. The van der Waals surface area contributed by atoms with Gasteiger partial charge in [-0.1, -0.05) is 19.1 Å². The fourth-order valence-corrected chi connectivity index (χ4v) is 5.61. The number of methoxy groups -OCH3 is 1. The van der Waals surface area contributed by atoms with Crippen LogP contribution < -0.4 is 9.64 Å². The van der Waals surface area contributed by atoms with Crippen LogP contribution in [0.15, 0.2) is 42.5 Å². The van der Waals surface area contributed by atoms with Gasteiger partial charge in [0.15, 0.2) is 0 Å². The second-order valence-corrected chi connectivity index (χ2v) is 9.14. The molecular formula is C25H21F3N4O4. The summed E-state index contributed by atoms with van der Waals surface area (Å²) in [6, 6.07) is 8.58. The molecule has 11 heteroatoms. The van der Waals surface area contributed by atoms with Gasteiger partial charge in [-0.3, -0.25) is 9.59 Å². The molecule has 186 valence electrons. The van der Waals surface area contributed by atoms with E-state index < -0.39 is 47.4 Å². The fraction of sp³-hybridized carbons (Fsp3) is 0.360. The highest BCUT2D eigenvalue weighted by Crippen LogP contribution is 2.46. The van der Waals surface area contributed by atoms with Crippen molar-refractivity contribution >= 4 is 23.5 Å². The van der Waals surface area contributed by atoms with Crippen molar-refractivity contribution in [1.82, 2.24) is 9.80 Å². The topological polar surface area (TPSA) is 94.0 Å². The molecule has 3 aliphatic heterocycles. The number of nitrogens with zero attached hydrogens (tertiary/aromatic N) is 4. The first-order chi connectivity index (χ1) is 17.1. The number of urea groups is 1. The van der Waals surface area contributed by atoms with E-state index in [2.05, 4.69) is 0 Å². The van der Waals surface area contributed by atoms with Crippen LogP contribution in [-0.4, -0.2) is 59.4 Å². The van der Waals surface area contributed by atoms with Crippen LogP contribution in [0.4, 0.5) is 23.7 Å². The number of imide groups is 1. The van der Waals surface area contributed by atoms with E-state index in [0.29, 0.717) is 11.8 Å². The minimum absolute atomic E-state index is 0.0796. The first-order valence-corrected chi connectivity index (χ1v) is 11.3. The van der Waals surface area contributed by atoms with Crippen molar-refractivity contribution in [3.05, 3.63) is 59.2 Å². The SMILES string of the molecule is COc1cccc(CC(=O)N2CC3[C@H](C)C2C2C(=O)N(c4ccc(C#N)c(C(F)(F)F)c4)C(=O)N23)c1. The molecule has 3 heterocycles. The molecule has 0 saturated carbocycles. The summed E-state index contributed by atoms with van der Waals surface area (Å²) >= 11 is 0. The van der Waals surface area contributed by atoms with Gasteiger partial charge in [0, 0.05) is 12.5 Å². The average molecular weight is 498 g/mol. The van der Waals surface area contributed by atoms with Crippen LogP contribution in [0.5, 0.6) is 5.75 Å². The number of halogens is 3. The molecular weight excluding hydrogens is 477 g/mol. The largest absolute Gasteiger partial charge is 0.497 e. The molecule has 36 heavy (non-hydrogen) atoms. The molecule has 5 rings (SSSR count). The average Bonchev–Trinajstić information content (AvgIpc) is 3.42. The van der Waals surface area contributed by atoms with Crippen molar-refractivity contribution in [3.8, 4) is 11.8 Å². The maximum absolute atomic E-state index is 13.5. The molecule has 3 unspecified atom stereocenters. The molecule has 0 aliphatic carbocycles. The number of carbonyl (C=O) groups excluding carboxylic acids is 3. The van der Waals surface area contributed by atoms with Gasteiger partial charge in [0.05, 0.1) is 48.5 Å². The number of fused-ring (bicyclic) bond motifs is 5. The number of likely N-dealkylation sites (tertiary alicyclic amines) is 1. The Hall–Kier alpha value is -4.07. The second-order valence-electron chi connectivity index (χ2n) is 9.14. The number of nitriles is 1. The van der Waals surface area contributed by atoms with Crippen LogP contribution in [0, 0.1) is 17.2 Å². The monoisotopic (exact) mass is 498 g/mol. The van der Waals surface area contributed by atoms with E-state index >= 15 is 0 Å². The first-order valence-electron chi connectivity index (χ1n) is 11.3. The van der Waals surface area contributed by atoms with E-state index in [1.807, 2.05) is 6.92 Å². The first kappa shape index (κ1) is 23.7. The lowest BCUT2D eigenvalue weighted by molar-refractivity contribution is -0.138. The number of benzene rings is 2. The molecule has 0 spiro atoms. The quantitative estimate of drug-likeness (QED) is 0.604. The molecule has 4 amide bonds. The molecule has 3 saturated heterocycles. The second kappa shape index (κ2) is 8.26. The van der Waals surface area contributed by atoms with Crippen LogP contribution in [0.2, 0.25) is 0 Å². The van der Waals surface area contributed by atoms with E-state index in [4.69, 9.17) is 10.00 Å². The Kier molecular flexibility index (Phi) is 5.43. The van der Waals surface area contributed by atoms with Gasteiger partial charge in [-0.05, 0) is 35.9 Å². The van der Waals surface area contributed by atoms with Gasteiger partial charge in [0.25, 0.3) is 5.91 Å². The number of hydrogen-bond acceptors (Lipinski definition) is 5. The summed E-state index contributed by atoms with van der Waals surface area (Å²) in [6.45, 7) is 2.10. The van der Waals surface area contributed by atoms with Gasteiger partial charge < -0.3 is 14.5 Å². The highest BCUT2D eigenvalue weighted by atomic mass is 19.4. The lowest BCUT2D eigenvalue weighted by atomic mass is 9.98. The maximum atomic E-state index is 13.5. The highest BCUT2D eigenvalue weighted by Gasteiger charge is 2.66. The van der Waals surface area contributed by atoms with Gasteiger partial charge in [-0.25, -0.2) is 9.69 Å². The third-order valence-electron chi connectivity index (χ3n) is 7.25. The summed E-state index contributed by atoms with van der Waals surface area (Å²) in [4.78, 5) is 43.6. The van der Waals surface area contributed by atoms with E-state index in [-0.39, 0.29) is 30.5 Å². The van der Waals surface area contributed by atoms with Crippen molar-refractivity contribution < 1.29 is 32.3 Å². The third kappa shape index (κ3) is 3.47. The van der Waals surface area contributed by atoms with Crippen molar-refractivity contribution in [3.63, 3.8) is 0 Å². The van der Waals surface area contributed by atoms with E-state index in [9.17, 15) is 27.6 Å². The van der Waals surface area contributed by atoms with E-state index in [1.54, 1.807) is 29.2 Å². The molecule has 8 nitrogen and oxygen atoms in total. The zero-order valence-electron chi connectivity index (χ0n) is 19.3. The number of carbonyl (C=O) groups is 3. The molecule has 0 N–H and O–H groups in total. The normalized spacial score (nSPS) is 24.8. The molecule has 2 aromatic rings. The number of piperazine rings is 1. The number of ether oxygens (including phenoxy) is 1. The van der Waals surface area contributed by atoms with Gasteiger partial charge in [0.2, 0.25) is 5.91 Å². The Morgan fingerprint density at radius 1 is 1.19 bits per heavy atom. The van der Waals surface area contributed by atoms with Gasteiger partial charge in [-0.15, -0.1) is 0 Å². The molecule has 2 aromatic carbocycles. The molecule has 0 aromatic heterocycles. The highest BCUT2D eigenvalue weighted by molar-refractivity contribution is 6.22.